The van der Waals surface area contributed by atoms with Crippen LogP contribution in [0, 0.1) is 17.2 Å². The lowest BCUT2D eigenvalue weighted by Crippen LogP contribution is -2.55. The molecule has 2 aromatic rings. The fourth-order valence-electron chi connectivity index (χ4n) is 4.52. The molecule has 8 nitrogen and oxygen atoms in total. The van der Waals surface area contributed by atoms with Crippen LogP contribution in [0.25, 0.3) is 10.9 Å². The van der Waals surface area contributed by atoms with E-state index < -0.39 is 35.0 Å². The average molecular weight is 480 g/mol. The highest BCUT2D eigenvalue weighted by atomic mass is 19.3. The smallest absolute Gasteiger partial charge is 0.273 e. The zero-order valence-electron chi connectivity index (χ0n) is 19.3. The van der Waals surface area contributed by atoms with Crippen LogP contribution >= 0.6 is 0 Å². The lowest BCUT2D eigenvalue weighted by molar-refractivity contribution is -0.126. The van der Waals surface area contributed by atoms with Gasteiger partial charge in [-0.1, -0.05) is 32.9 Å². The minimum atomic E-state index is -2.72. The number of halogens is 3. The fourth-order valence-corrected chi connectivity index (χ4v) is 4.52. The monoisotopic (exact) mass is 479 g/mol. The summed E-state index contributed by atoms with van der Waals surface area (Å²) in [6.07, 6.45) is -0.463. The first-order valence-electron chi connectivity index (χ1n) is 11.2. The molecule has 11 heteroatoms. The van der Waals surface area contributed by atoms with Crippen molar-refractivity contribution in [2.45, 2.75) is 64.6 Å². The van der Waals surface area contributed by atoms with Gasteiger partial charge in [-0.25, -0.2) is 13.2 Å². The number of nitrogens with zero attached hydrogens (tertiary/aromatic N) is 2. The quantitative estimate of drug-likeness (QED) is 0.592. The Morgan fingerprint density at radius 1 is 1.29 bits per heavy atom. The molecular weight excluding hydrogens is 451 g/mol. The van der Waals surface area contributed by atoms with Gasteiger partial charge in [0.1, 0.15) is 17.4 Å². The number of alkyl halides is 2. The molecule has 1 aromatic heterocycles. The van der Waals surface area contributed by atoms with Crippen molar-refractivity contribution < 1.29 is 27.6 Å². The number of carbonyl (C=O) groups excluding carboxylic acids is 3. The Hall–Kier alpha value is -3.11. The first-order valence-corrected chi connectivity index (χ1v) is 11.2. The van der Waals surface area contributed by atoms with E-state index in [9.17, 15) is 27.6 Å². The summed E-state index contributed by atoms with van der Waals surface area (Å²) in [5.74, 6) is -5.00. The molecule has 2 fully saturated rings. The second kappa shape index (κ2) is 8.59. The van der Waals surface area contributed by atoms with Gasteiger partial charge in [0.25, 0.3) is 5.91 Å². The highest BCUT2D eigenvalue weighted by Crippen LogP contribution is 2.43. The second-order valence-corrected chi connectivity index (χ2v) is 10.3. The first kappa shape index (κ1) is 24.0. The average Bonchev–Trinajstić information content (AvgIpc) is 3.27. The van der Waals surface area contributed by atoms with E-state index >= 15 is 0 Å². The largest absolute Gasteiger partial charge is 0.354 e. The molecule has 34 heavy (non-hydrogen) atoms. The molecule has 3 N–H and O–H groups in total. The van der Waals surface area contributed by atoms with Crippen LogP contribution < -0.4 is 16.0 Å². The summed E-state index contributed by atoms with van der Waals surface area (Å²) in [4.78, 5) is 37.6. The van der Waals surface area contributed by atoms with Crippen molar-refractivity contribution in [3.63, 3.8) is 0 Å². The van der Waals surface area contributed by atoms with Gasteiger partial charge in [-0.15, -0.1) is 0 Å². The minimum Gasteiger partial charge on any atom is -0.354 e. The summed E-state index contributed by atoms with van der Waals surface area (Å²) in [7, 11) is 0. The van der Waals surface area contributed by atoms with Gasteiger partial charge in [0.05, 0.1) is 6.04 Å². The summed E-state index contributed by atoms with van der Waals surface area (Å²) >= 11 is 0. The molecule has 0 radical (unpaired) electrons. The Balaban J connectivity index is 1.57. The topological polar surface area (TPSA) is 105 Å². The normalized spacial score (nSPS) is 21.1. The molecule has 1 saturated carbocycles. The highest BCUT2D eigenvalue weighted by molar-refractivity contribution is 6.06. The zero-order chi connectivity index (χ0) is 24.8. The third-order valence-electron chi connectivity index (χ3n) is 6.27. The summed E-state index contributed by atoms with van der Waals surface area (Å²) in [5, 5.41) is 12.6. The molecule has 1 saturated heterocycles. The number of hydrogen-bond donors (Lipinski definition) is 3. The summed E-state index contributed by atoms with van der Waals surface area (Å²) in [6, 6.07) is 2.86. The van der Waals surface area contributed by atoms with Gasteiger partial charge in [-0.05, 0) is 17.4 Å². The van der Waals surface area contributed by atoms with Crippen LogP contribution in [-0.2, 0) is 16.1 Å². The van der Waals surface area contributed by atoms with Crippen molar-refractivity contribution in [2.75, 3.05) is 6.54 Å². The third kappa shape index (κ3) is 4.88. The van der Waals surface area contributed by atoms with Gasteiger partial charge in [-0.2, -0.15) is 5.10 Å². The van der Waals surface area contributed by atoms with E-state index in [2.05, 4.69) is 21.0 Å². The number of amides is 3. The van der Waals surface area contributed by atoms with E-state index in [1.165, 1.54) is 22.9 Å². The van der Waals surface area contributed by atoms with Crippen LogP contribution in [0.2, 0.25) is 0 Å². The Kier molecular flexibility index (Phi) is 6.07. The molecule has 0 spiro atoms. The molecule has 3 amide bonds. The van der Waals surface area contributed by atoms with E-state index in [4.69, 9.17) is 0 Å². The highest BCUT2D eigenvalue weighted by Gasteiger charge is 2.45. The number of fused-ring (bicyclic) bond motifs is 1. The summed E-state index contributed by atoms with van der Waals surface area (Å²) in [5.41, 5.74) is -0.702. The number of benzene rings is 1. The van der Waals surface area contributed by atoms with Gasteiger partial charge >= 0.3 is 0 Å². The first-order chi connectivity index (χ1) is 15.8. The standard InChI is InChI=1S/C23H28F3N5O3/c1-22(2,3)19(21(34)28-13-7-16(32)27-10-13)29-20(33)17-14-5-4-6-15(24)18(14)31(30-17)11-12-8-23(25,26)9-12/h4-6,12-13,19H,7-11H2,1-3H3,(H,27,32)(H,28,34)(H,29,33)/t13-,19?/m0/s1. The number of carbonyl (C=O) groups is 3. The molecule has 1 aromatic carbocycles. The predicted molar refractivity (Wildman–Crippen MR) is 118 cm³/mol. The van der Waals surface area contributed by atoms with Crippen molar-refractivity contribution in [1.82, 2.24) is 25.7 Å². The van der Waals surface area contributed by atoms with Crippen LogP contribution in [0.3, 0.4) is 0 Å². The molecule has 1 unspecified atom stereocenters. The van der Waals surface area contributed by atoms with E-state index in [0.717, 1.165) is 0 Å². The Morgan fingerprint density at radius 2 is 2.00 bits per heavy atom. The minimum absolute atomic E-state index is 0.0617. The van der Waals surface area contributed by atoms with Gasteiger partial charge in [-0.3, -0.25) is 19.1 Å². The lowest BCUT2D eigenvalue weighted by atomic mass is 9.81. The van der Waals surface area contributed by atoms with Crippen LogP contribution in [0.5, 0.6) is 0 Å². The lowest BCUT2D eigenvalue weighted by Gasteiger charge is -2.34. The predicted octanol–water partition coefficient (Wildman–Crippen LogP) is 2.37. The van der Waals surface area contributed by atoms with Crippen molar-refractivity contribution in [3.05, 3.63) is 29.7 Å². The molecule has 1 aliphatic heterocycles. The number of rotatable bonds is 6. The zero-order valence-corrected chi connectivity index (χ0v) is 19.3. The molecule has 2 heterocycles. The maximum atomic E-state index is 14.6. The Labute approximate surface area is 194 Å². The van der Waals surface area contributed by atoms with Crippen molar-refractivity contribution in [3.8, 4) is 0 Å². The van der Waals surface area contributed by atoms with Gasteiger partial charge in [0, 0.05) is 37.7 Å². The third-order valence-corrected chi connectivity index (χ3v) is 6.27. The van der Waals surface area contributed by atoms with Crippen LogP contribution in [-0.4, -0.2) is 52.1 Å². The maximum Gasteiger partial charge on any atom is 0.273 e. The Morgan fingerprint density at radius 3 is 2.59 bits per heavy atom. The molecule has 1 aliphatic carbocycles. The number of aromatic nitrogens is 2. The molecular formula is C23H28F3N5O3. The van der Waals surface area contributed by atoms with Crippen molar-refractivity contribution >= 4 is 28.6 Å². The molecule has 2 atom stereocenters. The molecule has 4 rings (SSSR count). The van der Waals surface area contributed by atoms with Crippen molar-refractivity contribution in [1.29, 1.82) is 0 Å². The number of hydrogen-bond acceptors (Lipinski definition) is 4. The van der Waals surface area contributed by atoms with E-state index in [-0.39, 0.29) is 60.3 Å². The van der Waals surface area contributed by atoms with Crippen LogP contribution in [0.4, 0.5) is 13.2 Å². The molecule has 2 aliphatic rings. The Bertz CT molecular complexity index is 1130. The SMILES string of the molecule is CC(C)(C)C(NC(=O)c1nn(CC2CC(F)(F)C2)c2c(F)cccc12)C(=O)N[C@@H]1CNC(=O)C1. The maximum absolute atomic E-state index is 14.6. The summed E-state index contributed by atoms with van der Waals surface area (Å²) < 4.78 is 42.5. The summed E-state index contributed by atoms with van der Waals surface area (Å²) in [6.45, 7) is 5.71. The number of para-hydroxylation sites is 1. The van der Waals surface area contributed by atoms with E-state index in [1.54, 1.807) is 20.8 Å². The van der Waals surface area contributed by atoms with Gasteiger partial charge < -0.3 is 16.0 Å². The second-order valence-electron chi connectivity index (χ2n) is 10.3. The van der Waals surface area contributed by atoms with E-state index in [1.807, 2.05) is 0 Å². The fraction of sp³-hybridized carbons (Fsp3) is 0.565. The van der Waals surface area contributed by atoms with Crippen LogP contribution in [0.15, 0.2) is 18.2 Å². The van der Waals surface area contributed by atoms with E-state index in [0.29, 0.717) is 6.54 Å². The van der Waals surface area contributed by atoms with Gasteiger partial charge in [0.2, 0.25) is 17.7 Å². The molecule has 184 valence electrons. The van der Waals surface area contributed by atoms with Crippen LogP contribution in [0.1, 0.15) is 50.5 Å². The number of nitrogens with one attached hydrogen (secondary N) is 3. The van der Waals surface area contributed by atoms with Gasteiger partial charge in [0.15, 0.2) is 5.69 Å². The van der Waals surface area contributed by atoms with Crippen molar-refractivity contribution in [2.24, 2.45) is 11.3 Å². The molecule has 0 bridgehead atoms.